The molecule has 10 aromatic carbocycles. The van der Waals surface area contributed by atoms with Crippen molar-refractivity contribution >= 4 is 38.6 Å². The van der Waals surface area contributed by atoms with Crippen molar-refractivity contribution in [2.75, 3.05) is 4.90 Å². The summed E-state index contributed by atoms with van der Waals surface area (Å²) in [5.74, 6) is 0. The molecule has 0 N–H and O–H groups in total. The van der Waals surface area contributed by atoms with E-state index in [0.717, 1.165) is 17.1 Å². The molecule has 11 rings (SSSR count). The SMILES string of the molecule is CC(C)(C)c1ccc(N(c2cccc3ccccc23)c2ccc3c4c(cccc24)-c2c(-c4ccccc4)c(-c4ccccc4)c(-c4ccccc4)c(-c4ccccc4)c2-3)cc1. The van der Waals surface area contributed by atoms with Crippen LogP contribution in [0.3, 0.4) is 0 Å². The van der Waals surface area contributed by atoms with E-state index in [4.69, 9.17) is 0 Å². The highest BCUT2D eigenvalue weighted by Gasteiger charge is 2.35. The van der Waals surface area contributed by atoms with Crippen molar-refractivity contribution in [3.8, 4) is 66.8 Å². The maximum absolute atomic E-state index is 2.49. The van der Waals surface area contributed by atoms with Crippen molar-refractivity contribution in [3.05, 3.63) is 224 Å². The van der Waals surface area contributed by atoms with Crippen molar-refractivity contribution in [2.45, 2.75) is 26.2 Å². The highest BCUT2D eigenvalue weighted by molar-refractivity contribution is 6.27. The first-order valence-corrected chi connectivity index (χ1v) is 21.4. The number of anilines is 3. The van der Waals surface area contributed by atoms with Crippen LogP contribution in [0, 0.1) is 0 Å². The van der Waals surface area contributed by atoms with Crippen LogP contribution in [-0.4, -0.2) is 0 Å². The predicted octanol–water partition coefficient (Wildman–Crippen LogP) is 17.1. The van der Waals surface area contributed by atoms with E-state index < -0.39 is 0 Å². The molecule has 0 atom stereocenters. The first-order chi connectivity index (χ1) is 30.0. The zero-order valence-corrected chi connectivity index (χ0v) is 34.7. The first-order valence-electron chi connectivity index (χ1n) is 21.4. The molecule has 0 amide bonds. The third kappa shape index (κ3) is 6.08. The molecule has 10 aromatic rings. The lowest BCUT2D eigenvalue weighted by Gasteiger charge is -2.29. The summed E-state index contributed by atoms with van der Waals surface area (Å²) in [5, 5.41) is 4.94. The summed E-state index contributed by atoms with van der Waals surface area (Å²) < 4.78 is 0. The Balaban J connectivity index is 1.29. The number of fused-ring (bicyclic) bond motifs is 4. The van der Waals surface area contributed by atoms with Crippen LogP contribution in [0.1, 0.15) is 26.3 Å². The second-order valence-electron chi connectivity index (χ2n) is 17.2. The van der Waals surface area contributed by atoms with E-state index in [1.807, 2.05) is 0 Å². The zero-order chi connectivity index (χ0) is 41.1. The van der Waals surface area contributed by atoms with Crippen molar-refractivity contribution < 1.29 is 0 Å². The Morgan fingerprint density at radius 1 is 0.311 bits per heavy atom. The molecule has 0 saturated heterocycles. The van der Waals surface area contributed by atoms with Crippen LogP contribution in [0.2, 0.25) is 0 Å². The number of rotatable bonds is 7. The Labute approximate surface area is 358 Å². The largest absolute Gasteiger partial charge is 0.309 e. The third-order valence-electron chi connectivity index (χ3n) is 12.5. The fourth-order valence-corrected chi connectivity index (χ4v) is 9.79. The van der Waals surface area contributed by atoms with Gasteiger partial charge in [-0.15, -0.1) is 0 Å². The van der Waals surface area contributed by atoms with Crippen LogP contribution < -0.4 is 4.90 Å². The van der Waals surface area contributed by atoms with Crippen LogP contribution in [0.25, 0.3) is 88.3 Å². The van der Waals surface area contributed by atoms with Crippen LogP contribution >= 0.6 is 0 Å². The monoisotopic (exact) mass is 779 g/mol. The molecular weight excluding hydrogens is 735 g/mol. The Kier molecular flexibility index (Phi) is 8.79. The first kappa shape index (κ1) is 36.6. The molecule has 0 aliphatic heterocycles. The van der Waals surface area contributed by atoms with E-state index in [-0.39, 0.29) is 5.41 Å². The van der Waals surface area contributed by atoms with Gasteiger partial charge in [0, 0.05) is 16.5 Å². The fraction of sp³-hybridized carbons (Fsp3) is 0.0667. The van der Waals surface area contributed by atoms with Gasteiger partial charge in [0.05, 0.1) is 11.4 Å². The van der Waals surface area contributed by atoms with Crippen LogP contribution in [-0.2, 0) is 5.41 Å². The number of hydrogen-bond acceptors (Lipinski definition) is 1. The molecule has 0 saturated carbocycles. The van der Waals surface area contributed by atoms with Crippen LogP contribution in [0.15, 0.2) is 218 Å². The number of hydrogen-bond donors (Lipinski definition) is 0. The van der Waals surface area contributed by atoms with E-state index >= 15 is 0 Å². The minimum absolute atomic E-state index is 0.0424. The zero-order valence-electron chi connectivity index (χ0n) is 34.7. The van der Waals surface area contributed by atoms with Crippen molar-refractivity contribution in [1.82, 2.24) is 0 Å². The second-order valence-corrected chi connectivity index (χ2v) is 17.2. The van der Waals surface area contributed by atoms with Crippen LogP contribution in [0.5, 0.6) is 0 Å². The number of nitrogens with zero attached hydrogens (tertiary/aromatic N) is 1. The van der Waals surface area contributed by atoms with Crippen LogP contribution in [0.4, 0.5) is 17.1 Å². The minimum atomic E-state index is 0.0424. The molecule has 1 aliphatic carbocycles. The minimum Gasteiger partial charge on any atom is -0.309 e. The molecule has 1 nitrogen and oxygen atoms in total. The van der Waals surface area contributed by atoms with Crippen molar-refractivity contribution in [1.29, 1.82) is 0 Å². The normalized spacial score (nSPS) is 11.9. The standard InChI is InChI=1S/C60H45N/c1-60(2,3)45-34-36-46(37-35-45)61(51-33-18-29-40-20-16-17-30-47(40)51)52-39-38-50-57-48(52)31-19-32-49(57)58-55(43-25-12-6-13-26-43)53(41-21-8-4-9-22-41)54(42-23-10-5-11-24-42)56(59(50)58)44-27-14-7-15-28-44/h4-39H,1-3H3. The molecule has 1 heteroatoms. The van der Waals surface area contributed by atoms with E-state index in [2.05, 4.69) is 244 Å². The van der Waals surface area contributed by atoms with Gasteiger partial charge in [0.2, 0.25) is 0 Å². The molecule has 0 bridgehead atoms. The molecule has 0 radical (unpaired) electrons. The van der Waals surface area contributed by atoms with Gasteiger partial charge in [-0.1, -0.05) is 215 Å². The number of benzene rings is 10. The average Bonchev–Trinajstić information content (AvgIpc) is 3.65. The molecule has 290 valence electrons. The van der Waals surface area contributed by atoms with Gasteiger partial charge in [-0.3, -0.25) is 0 Å². The van der Waals surface area contributed by atoms with Gasteiger partial charge in [0.15, 0.2) is 0 Å². The van der Waals surface area contributed by atoms with Gasteiger partial charge >= 0.3 is 0 Å². The van der Waals surface area contributed by atoms with E-state index in [1.165, 1.54) is 93.9 Å². The molecule has 61 heavy (non-hydrogen) atoms. The Hall–Kier alpha value is -7.48. The Morgan fingerprint density at radius 2 is 0.721 bits per heavy atom. The summed E-state index contributed by atoms with van der Waals surface area (Å²) in [6.07, 6.45) is 0. The highest BCUT2D eigenvalue weighted by Crippen LogP contribution is 2.62. The topological polar surface area (TPSA) is 3.24 Å². The molecular formula is C60H45N. The second kappa shape index (κ2) is 14.7. The van der Waals surface area contributed by atoms with Gasteiger partial charge in [-0.05, 0) is 113 Å². The smallest absolute Gasteiger partial charge is 0.0540 e. The highest BCUT2D eigenvalue weighted by atomic mass is 15.1. The van der Waals surface area contributed by atoms with Gasteiger partial charge in [0.1, 0.15) is 0 Å². The van der Waals surface area contributed by atoms with Gasteiger partial charge in [0.25, 0.3) is 0 Å². The lowest BCUT2D eigenvalue weighted by Crippen LogP contribution is -2.13. The van der Waals surface area contributed by atoms with Crippen molar-refractivity contribution in [3.63, 3.8) is 0 Å². The molecule has 0 aromatic heterocycles. The van der Waals surface area contributed by atoms with Gasteiger partial charge in [-0.25, -0.2) is 0 Å². The lowest BCUT2D eigenvalue weighted by atomic mass is 9.76. The summed E-state index contributed by atoms with van der Waals surface area (Å²) in [6, 6.07) is 80.6. The maximum atomic E-state index is 2.49. The van der Waals surface area contributed by atoms with E-state index in [1.54, 1.807) is 0 Å². The Bertz CT molecular complexity index is 3110. The van der Waals surface area contributed by atoms with E-state index in [9.17, 15) is 0 Å². The average molecular weight is 780 g/mol. The van der Waals surface area contributed by atoms with Crippen molar-refractivity contribution in [2.24, 2.45) is 0 Å². The quantitative estimate of drug-likeness (QED) is 0.156. The molecule has 0 heterocycles. The summed E-state index contributed by atoms with van der Waals surface area (Å²) in [6.45, 7) is 6.85. The lowest BCUT2D eigenvalue weighted by molar-refractivity contribution is 0.590. The third-order valence-corrected chi connectivity index (χ3v) is 12.5. The summed E-state index contributed by atoms with van der Waals surface area (Å²) >= 11 is 0. The molecule has 0 spiro atoms. The Morgan fingerprint density at radius 3 is 1.25 bits per heavy atom. The summed E-state index contributed by atoms with van der Waals surface area (Å²) in [4.78, 5) is 2.49. The van der Waals surface area contributed by atoms with Gasteiger partial charge < -0.3 is 4.90 Å². The summed E-state index contributed by atoms with van der Waals surface area (Å²) in [5.41, 5.74) is 19.7. The predicted molar refractivity (Wildman–Crippen MR) is 261 cm³/mol. The maximum Gasteiger partial charge on any atom is 0.0540 e. The van der Waals surface area contributed by atoms with Gasteiger partial charge in [-0.2, -0.15) is 0 Å². The molecule has 1 aliphatic rings. The molecule has 0 unspecified atom stereocenters. The molecule has 0 fully saturated rings. The van der Waals surface area contributed by atoms with E-state index in [0.29, 0.717) is 0 Å². The summed E-state index contributed by atoms with van der Waals surface area (Å²) in [7, 11) is 0. The fourth-order valence-electron chi connectivity index (χ4n) is 9.79.